The monoisotopic (exact) mass is 656 g/mol. The molecule has 2 bridgehead atoms. The fourth-order valence-electron chi connectivity index (χ4n) is 6.78. The highest BCUT2D eigenvalue weighted by atomic mass is 16.7. The van der Waals surface area contributed by atoms with Crippen LogP contribution >= 0.6 is 0 Å². The van der Waals surface area contributed by atoms with E-state index in [1.165, 1.54) is 0 Å². The van der Waals surface area contributed by atoms with Crippen molar-refractivity contribution in [3.05, 3.63) is 66.5 Å². The van der Waals surface area contributed by atoms with E-state index >= 15 is 0 Å². The highest BCUT2D eigenvalue weighted by molar-refractivity contribution is 5.95. The second-order valence-corrected chi connectivity index (χ2v) is 13.1. The Bertz CT molecular complexity index is 1620. The minimum absolute atomic E-state index is 0.00910. The second-order valence-electron chi connectivity index (χ2n) is 13.1. The van der Waals surface area contributed by atoms with Crippen LogP contribution in [0, 0.1) is 5.92 Å². The fourth-order valence-corrected chi connectivity index (χ4v) is 6.78. The highest BCUT2D eigenvalue weighted by Crippen LogP contribution is 2.33. The van der Waals surface area contributed by atoms with Gasteiger partial charge in [-0.15, -0.1) is 0 Å². The number of rotatable bonds is 6. The Hall–Kier alpha value is -4.87. The van der Waals surface area contributed by atoms with Gasteiger partial charge in [-0.25, -0.2) is 4.98 Å². The molecule has 12 nitrogen and oxygen atoms in total. The number of nitrogens with one attached hydrogen (secondary N) is 1. The van der Waals surface area contributed by atoms with Gasteiger partial charge in [0.05, 0.1) is 6.04 Å². The van der Waals surface area contributed by atoms with E-state index < -0.39 is 6.04 Å². The van der Waals surface area contributed by atoms with Gasteiger partial charge in [-0.3, -0.25) is 19.2 Å². The molecule has 4 heterocycles. The molecule has 2 fully saturated rings. The summed E-state index contributed by atoms with van der Waals surface area (Å²) in [5, 5.41) is 3.04. The molecule has 12 heteroatoms. The Morgan fingerprint density at radius 2 is 1.73 bits per heavy atom. The topological polar surface area (TPSA) is 126 Å². The number of ether oxygens (including phenoxy) is 2. The quantitative estimate of drug-likeness (QED) is 0.430. The third-order valence-corrected chi connectivity index (χ3v) is 9.19. The number of carbonyl (C=O) groups is 4. The van der Waals surface area contributed by atoms with Gasteiger partial charge in [-0.2, -0.15) is 0 Å². The average Bonchev–Trinajstić information content (AvgIpc) is 3.84. The van der Waals surface area contributed by atoms with Crippen molar-refractivity contribution in [3.8, 4) is 22.9 Å². The minimum Gasteiger partial charge on any atom is -0.454 e. The summed E-state index contributed by atoms with van der Waals surface area (Å²) in [5.41, 5.74) is 1.41. The molecule has 2 atom stereocenters. The normalized spacial score (nSPS) is 20.1. The van der Waals surface area contributed by atoms with Gasteiger partial charge in [0.25, 0.3) is 5.91 Å². The van der Waals surface area contributed by atoms with Crippen molar-refractivity contribution >= 4 is 23.6 Å². The number of carbonyl (C=O) groups excluding carboxylic acids is 4. The van der Waals surface area contributed by atoms with Crippen molar-refractivity contribution in [1.82, 2.24) is 29.6 Å². The molecule has 6 rings (SSSR count). The third kappa shape index (κ3) is 7.48. The van der Waals surface area contributed by atoms with Gasteiger partial charge >= 0.3 is 0 Å². The number of amides is 4. The van der Waals surface area contributed by atoms with Gasteiger partial charge in [0.15, 0.2) is 11.5 Å². The summed E-state index contributed by atoms with van der Waals surface area (Å²) in [4.78, 5) is 64.7. The lowest BCUT2D eigenvalue weighted by Crippen LogP contribution is -2.47. The maximum Gasteiger partial charge on any atom is 0.253 e. The summed E-state index contributed by atoms with van der Waals surface area (Å²) < 4.78 is 12.7. The minimum atomic E-state index is -0.687. The zero-order valence-electron chi connectivity index (χ0n) is 27.7. The Kier molecular flexibility index (Phi) is 10.3. The smallest absolute Gasteiger partial charge is 0.253 e. The number of hydrogen-bond acceptors (Lipinski definition) is 7. The lowest BCUT2D eigenvalue weighted by Gasteiger charge is -2.31. The maximum absolute atomic E-state index is 13.9. The first-order valence-electron chi connectivity index (χ1n) is 16.9. The maximum atomic E-state index is 13.9. The number of imidazole rings is 1. The number of nitrogens with zero attached hydrogens (tertiary/aromatic N) is 5. The van der Waals surface area contributed by atoms with Crippen LogP contribution in [0.25, 0.3) is 11.4 Å². The van der Waals surface area contributed by atoms with Gasteiger partial charge in [0.2, 0.25) is 24.5 Å². The van der Waals surface area contributed by atoms with E-state index in [0.29, 0.717) is 81.2 Å². The second kappa shape index (κ2) is 14.9. The predicted octanol–water partition coefficient (Wildman–Crippen LogP) is 3.57. The van der Waals surface area contributed by atoms with E-state index in [9.17, 15) is 19.2 Å². The first-order chi connectivity index (χ1) is 23.3. The van der Waals surface area contributed by atoms with Crippen molar-refractivity contribution in [2.75, 3.05) is 39.5 Å². The molecule has 254 valence electrons. The van der Waals surface area contributed by atoms with Gasteiger partial charge in [0.1, 0.15) is 18.4 Å². The molecule has 0 radical (unpaired) electrons. The largest absolute Gasteiger partial charge is 0.454 e. The average molecular weight is 657 g/mol. The third-order valence-electron chi connectivity index (χ3n) is 9.19. The van der Waals surface area contributed by atoms with E-state index in [1.54, 1.807) is 40.1 Å². The van der Waals surface area contributed by atoms with Crippen LogP contribution in [0.3, 0.4) is 0 Å². The van der Waals surface area contributed by atoms with Crippen LogP contribution in [-0.2, 0) is 20.9 Å². The fraction of sp³-hybridized carbons (Fsp3) is 0.472. The molecule has 1 aromatic heterocycles. The number of benzene rings is 2. The van der Waals surface area contributed by atoms with Crippen molar-refractivity contribution in [2.24, 2.45) is 5.92 Å². The lowest BCUT2D eigenvalue weighted by molar-refractivity contribution is -0.139. The van der Waals surface area contributed by atoms with E-state index in [-0.39, 0.29) is 55.5 Å². The SMILES string of the molecule is CC(C)CC(=O)N1CCCN(C(=O)c2ccc3c(c2)OCO3)CCCCNC(=O)[C@@H]2C[C@H]1CN2C(=O)Cn1ccnc1-c1ccccc1. The van der Waals surface area contributed by atoms with Crippen molar-refractivity contribution in [2.45, 2.75) is 64.6 Å². The zero-order valence-corrected chi connectivity index (χ0v) is 27.7. The van der Waals surface area contributed by atoms with Crippen LogP contribution in [0.5, 0.6) is 11.5 Å². The summed E-state index contributed by atoms with van der Waals surface area (Å²) >= 11 is 0. The number of fused-ring (bicyclic) bond motifs is 3. The Morgan fingerprint density at radius 3 is 2.54 bits per heavy atom. The van der Waals surface area contributed by atoms with Crippen molar-refractivity contribution in [1.29, 1.82) is 0 Å². The Morgan fingerprint density at radius 1 is 0.938 bits per heavy atom. The first-order valence-corrected chi connectivity index (χ1v) is 16.9. The van der Waals surface area contributed by atoms with Crippen LogP contribution in [0.15, 0.2) is 60.9 Å². The molecule has 2 saturated heterocycles. The summed E-state index contributed by atoms with van der Waals surface area (Å²) in [6.45, 7) is 6.23. The number of aromatic nitrogens is 2. The molecular weight excluding hydrogens is 612 g/mol. The number of likely N-dealkylation sites (tertiary alicyclic amines) is 1. The van der Waals surface area contributed by atoms with Crippen LogP contribution in [0.2, 0.25) is 0 Å². The van der Waals surface area contributed by atoms with Gasteiger partial charge in [0, 0.05) is 62.7 Å². The molecule has 0 saturated carbocycles. The summed E-state index contributed by atoms with van der Waals surface area (Å²) in [7, 11) is 0. The van der Waals surface area contributed by atoms with E-state index in [4.69, 9.17) is 9.47 Å². The van der Waals surface area contributed by atoms with Crippen LogP contribution < -0.4 is 14.8 Å². The molecule has 0 aliphatic carbocycles. The van der Waals surface area contributed by atoms with E-state index in [0.717, 1.165) is 5.56 Å². The molecular formula is C36H44N6O6. The van der Waals surface area contributed by atoms with Crippen LogP contribution in [0.4, 0.5) is 0 Å². The zero-order chi connectivity index (χ0) is 33.6. The van der Waals surface area contributed by atoms with Crippen LogP contribution in [-0.4, -0.2) is 99.5 Å². The van der Waals surface area contributed by atoms with Gasteiger partial charge in [-0.1, -0.05) is 44.2 Å². The summed E-state index contributed by atoms with van der Waals surface area (Å²) in [6.07, 6.45) is 6.08. The lowest BCUT2D eigenvalue weighted by atomic mass is 10.1. The molecule has 48 heavy (non-hydrogen) atoms. The van der Waals surface area contributed by atoms with Crippen LogP contribution in [0.1, 0.15) is 56.3 Å². The summed E-state index contributed by atoms with van der Waals surface area (Å²) in [5.74, 6) is 1.44. The molecule has 3 aliphatic heterocycles. The molecule has 4 amide bonds. The Labute approximate surface area is 281 Å². The predicted molar refractivity (Wildman–Crippen MR) is 178 cm³/mol. The number of hydrogen-bond donors (Lipinski definition) is 1. The molecule has 1 N–H and O–H groups in total. The molecule has 2 aromatic carbocycles. The van der Waals surface area contributed by atoms with Gasteiger partial charge < -0.3 is 34.1 Å². The molecule has 3 aliphatic rings. The highest BCUT2D eigenvalue weighted by Gasteiger charge is 2.43. The standard InChI is InChI=1S/C36H44N6O6/c1-25(2)19-32(43)41-17-8-16-39(36(46)27-11-12-30-31(20-27)48-24-47-30)15-7-6-13-38-35(45)29-21-28(41)22-42(29)33(44)23-40-18-14-37-34(40)26-9-4-3-5-10-26/h3-5,9-12,14,18,20,25,28-29H,6-8,13,15-17,19,21-24H2,1-2H3,(H,38,45)/t28-,29-/m0/s1. The van der Waals surface area contributed by atoms with E-state index in [2.05, 4.69) is 10.3 Å². The van der Waals surface area contributed by atoms with E-state index in [1.807, 2.05) is 54.0 Å². The Balaban J connectivity index is 1.21. The van der Waals surface area contributed by atoms with Gasteiger partial charge in [-0.05, 0) is 49.8 Å². The molecule has 0 spiro atoms. The van der Waals surface area contributed by atoms with Crippen molar-refractivity contribution in [3.63, 3.8) is 0 Å². The molecule has 0 unspecified atom stereocenters. The van der Waals surface area contributed by atoms with Crippen molar-refractivity contribution < 1.29 is 28.7 Å². The molecule has 3 aromatic rings. The first kappa shape index (κ1) is 33.0. The summed E-state index contributed by atoms with van der Waals surface area (Å²) in [6, 6.07) is 13.9.